The third kappa shape index (κ3) is 2.15. The summed E-state index contributed by atoms with van der Waals surface area (Å²) >= 11 is 0. The molecule has 3 rings (SSSR count). The zero-order valence-corrected chi connectivity index (χ0v) is 10.6. The second-order valence-electron chi connectivity index (χ2n) is 4.67. The van der Waals surface area contributed by atoms with E-state index in [1.165, 1.54) is 0 Å². The van der Waals surface area contributed by atoms with Gasteiger partial charge in [-0.25, -0.2) is 0 Å². The predicted molar refractivity (Wildman–Crippen MR) is 75.4 cm³/mol. The lowest BCUT2D eigenvalue weighted by atomic mass is 10.1. The second kappa shape index (κ2) is 4.90. The van der Waals surface area contributed by atoms with Gasteiger partial charge in [-0.1, -0.05) is 30.3 Å². The van der Waals surface area contributed by atoms with Gasteiger partial charge in [-0.15, -0.1) is 0 Å². The first-order chi connectivity index (χ1) is 9.29. The van der Waals surface area contributed by atoms with Crippen LogP contribution in [0.5, 0.6) is 0 Å². The normalized spacial score (nSPS) is 13.6. The molecule has 0 saturated carbocycles. The van der Waals surface area contributed by atoms with Crippen LogP contribution >= 0.6 is 0 Å². The summed E-state index contributed by atoms with van der Waals surface area (Å²) < 4.78 is 1.77. The first-order valence-electron chi connectivity index (χ1n) is 6.46. The summed E-state index contributed by atoms with van der Waals surface area (Å²) in [6, 6.07) is 13.6. The fourth-order valence-corrected chi connectivity index (χ4v) is 2.55. The largest absolute Gasteiger partial charge is 0.395 e. The van der Waals surface area contributed by atoms with Crippen LogP contribution in [0.2, 0.25) is 0 Å². The van der Waals surface area contributed by atoms with E-state index in [0.29, 0.717) is 13.1 Å². The lowest BCUT2D eigenvalue weighted by Crippen LogP contribution is -2.24. The SMILES string of the molecule is O=c1cc(-c2ccccc2)cc2n1CCN2CCO. The van der Waals surface area contributed by atoms with Crippen LogP contribution in [0.1, 0.15) is 0 Å². The minimum atomic E-state index is 0.0248. The number of benzene rings is 1. The summed E-state index contributed by atoms with van der Waals surface area (Å²) in [6.07, 6.45) is 0. The van der Waals surface area contributed by atoms with Crippen molar-refractivity contribution in [1.29, 1.82) is 0 Å². The molecule has 0 spiro atoms. The van der Waals surface area contributed by atoms with Gasteiger partial charge >= 0.3 is 0 Å². The summed E-state index contributed by atoms with van der Waals surface area (Å²) in [5.41, 5.74) is 2.00. The Morgan fingerprint density at radius 2 is 1.84 bits per heavy atom. The van der Waals surface area contributed by atoms with Gasteiger partial charge in [0.2, 0.25) is 0 Å². The number of aliphatic hydroxyl groups is 1. The van der Waals surface area contributed by atoms with Gasteiger partial charge in [-0.3, -0.25) is 9.36 Å². The first kappa shape index (κ1) is 12.0. The highest BCUT2D eigenvalue weighted by molar-refractivity contribution is 5.67. The minimum absolute atomic E-state index is 0.0248. The van der Waals surface area contributed by atoms with Crippen LogP contribution in [-0.2, 0) is 6.54 Å². The number of fused-ring (bicyclic) bond motifs is 1. The number of β-amino-alcohol motifs (C(OH)–C–C–N with tert-alkyl or cyclic N) is 1. The Hall–Kier alpha value is -2.07. The van der Waals surface area contributed by atoms with E-state index in [4.69, 9.17) is 5.11 Å². The topological polar surface area (TPSA) is 45.5 Å². The molecule has 1 aromatic carbocycles. The van der Waals surface area contributed by atoms with Crippen molar-refractivity contribution in [3.63, 3.8) is 0 Å². The van der Waals surface area contributed by atoms with E-state index in [9.17, 15) is 4.79 Å². The maximum absolute atomic E-state index is 12.1. The molecule has 0 unspecified atom stereocenters. The van der Waals surface area contributed by atoms with Crippen molar-refractivity contribution in [2.75, 3.05) is 24.6 Å². The standard InChI is InChI=1S/C15H16N2O2/c18-9-8-16-6-7-17-14(16)10-13(11-15(17)19)12-4-2-1-3-5-12/h1-5,10-11,18H,6-9H2. The number of pyridine rings is 1. The van der Waals surface area contributed by atoms with E-state index in [2.05, 4.69) is 0 Å². The van der Waals surface area contributed by atoms with Gasteiger partial charge in [-0.2, -0.15) is 0 Å². The molecule has 98 valence electrons. The van der Waals surface area contributed by atoms with Crippen LogP contribution in [0.25, 0.3) is 11.1 Å². The smallest absolute Gasteiger partial charge is 0.252 e. The van der Waals surface area contributed by atoms with Gasteiger partial charge in [-0.05, 0) is 17.2 Å². The molecule has 1 aromatic heterocycles. The number of hydrogen-bond donors (Lipinski definition) is 1. The van der Waals surface area contributed by atoms with Crippen molar-refractivity contribution in [3.8, 4) is 11.1 Å². The highest BCUT2D eigenvalue weighted by Gasteiger charge is 2.20. The van der Waals surface area contributed by atoms with Gasteiger partial charge in [0.25, 0.3) is 5.56 Å². The maximum atomic E-state index is 12.1. The van der Waals surface area contributed by atoms with Gasteiger partial charge in [0.1, 0.15) is 5.82 Å². The van der Waals surface area contributed by atoms with Gasteiger partial charge in [0.15, 0.2) is 0 Å². The van der Waals surface area contributed by atoms with Crippen molar-refractivity contribution >= 4 is 5.82 Å². The van der Waals surface area contributed by atoms with Crippen molar-refractivity contribution in [2.45, 2.75) is 6.54 Å². The van der Waals surface area contributed by atoms with Crippen molar-refractivity contribution in [3.05, 3.63) is 52.8 Å². The Morgan fingerprint density at radius 3 is 2.58 bits per heavy atom. The van der Waals surface area contributed by atoms with Gasteiger partial charge in [0.05, 0.1) is 6.61 Å². The average molecular weight is 256 g/mol. The molecule has 0 atom stereocenters. The molecule has 4 heteroatoms. The molecule has 0 aliphatic carbocycles. The summed E-state index contributed by atoms with van der Waals surface area (Å²) in [5, 5.41) is 9.08. The molecule has 1 aliphatic heterocycles. The molecular formula is C15H16N2O2. The van der Waals surface area contributed by atoms with E-state index < -0.39 is 0 Å². The third-order valence-electron chi connectivity index (χ3n) is 3.50. The Balaban J connectivity index is 2.08. The summed E-state index contributed by atoms with van der Waals surface area (Å²) in [6.45, 7) is 2.15. The number of hydrogen-bond acceptors (Lipinski definition) is 3. The Kier molecular flexibility index (Phi) is 3.09. The molecule has 2 aromatic rings. The molecule has 0 saturated heterocycles. The highest BCUT2D eigenvalue weighted by Crippen LogP contribution is 2.25. The molecule has 0 radical (unpaired) electrons. The second-order valence-corrected chi connectivity index (χ2v) is 4.67. The fourth-order valence-electron chi connectivity index (χ4n) is 2.55. The van der Waals surface area contributed by atoms with Crippen molar-refractivity contribution < 1.29 is 5.11 Å². The van der Waals surface area contributed by atoms with Crippen LogP contribution in [0, 0.1) is 0 Å². The molecule has 4 nitrogen and oxygen atoms in total. The Morgan fingerprint density at radius 1 is 1.05 bits per heavy atom. The molecule has 0 amide bonds. The van der Waals surface area contributed by atoms with E-state index >= 15 is 0 Å². The van der Waals surface area contributed by atoms with E-state index in [1.807, 2.05) is 41.3 Å². The Labute approximate surface area is 111 Å². The van der Waals surface area contributed by atoms with Gasteiger partial charge in [0, 0.05) is 25.7 Å². The number of aromatic nitrogens is 1. The van der Waals surface area contributed by atoms with Crippen LogP contribution < -0.4 is 10.5 Å². The van der Waals surface area contributed by atoms with E-state index in [-0.39, 0.29) is 12.2 Å². The van der Waals surface area contributed by atoms with Crippen molar-refractivity contribution in [2.24, 2.45) is 0 Å². The molecule has 1 N–H and O–H groups in total. The Bertz CT molecular complexity index is 634. The zero-order valence-electron chi connectivity index (χ0n) is 10.6. The number of anilines is 1. The minimum Gasteiger partial charge on any atom is -0.395 e. The van der Waals surface area contributed by atoms with E-state index in [1.54, 1.807) is 10.6 Å². The monoisotopic (exact) mass is 256 g/mol. The molecule has 0 bridgehead atoms. The quantitative estimate of drug-likeness (QED) is 0.901. The number of nitrogens with zero attached hydrogens (tertiary/aromatic N) is 2. The van der Waals surface area contributed by atoms with Crippen LogP contribution in [-0.4, -0.2) is 29.4 Å². The predicted octanol–water partition coefficient (Wildman–Crippen LogP) is 1.33. The summed E-state index contributed by atoms with van der Waals surface area (Å²) in [4.78, 5) is 14.2. The lowest BCUT2D eigenvalue weighted by molar-refractivity contribution is 0.303. The maximum Gasteiger partial charge on any atom is 0.252 e. The summed E-state index contributed by atoms with van der Waals surface area (Å²) in [5.74, 6) is 0.903. The van der Waals surface area contributed by atoms with Crippen LogP contribution in [0.15, 0.2) is 47.3 Å². The molecule has 1 aliphatic rings. The molecule has 19 heavy (non-hydrogen) atoms. The van der Waals surface area contributed by atoms with E-state index in [0.717, 1.165) is 23.5 Å². The number of rotatable bonds is 3. The first-order valence-corrected chi connectivity index (χ1v) is 6.46. The highest BCUT2D eigenvalue weighted by atomic mass is 16.3. The zero-order chi connectivity index (χ0) is 13.2. The lowest BCUT2D eigenvalue weighted by Gasteiger charge is -2.17. The molecular weight excluding hydrogens is 240 g/mol. The summed E-state index contributed by atoms with van der Waals surface area (Å²) in [7, 11) is 0. The number of aliphatic hydroxyl groups excluding tert-OH is 1. The molecule has 0 fully saturated rings. The molecule has 2 heterocycles. The van der Waals surface area contributed by atoms with Gasteiger partial charge < -0.3 is 10.0 Å². The van der Waals surface area contributed by atoms with Crippen molar-refractivity contribution in [1.82, 2.24) is 4.57 Å². The fraction of sp³-hybridized carbons (Fsp3) is 0.267. The van der Waals surface area contributed by atoms with Crippen LogP contribution in [0.4, 0.5) is 5.82 Å². The average Bonchev–Trinajstić information content (AvgIpc) is 2.84. The third-order valence-corrected chi connectivity index (χ3v) is 3.50. The van der Waals surface area contributed by atoms with Crippen LogP contribution in [0.3, 0.4) is 0 Å².